The van der Waals surface area contributed by atoms with Crippen LogP contribution in [0, 0.1) is 0 Å². The highest BCUT2D eigenvalue weighted by atomic mass is 28.2. The van der Waals surface area contributed by atoms with Crippen molar-refractivity contribution in [3.63, 3.8) is 0 Å². The molecule has 0 bridgehead atoms. The summed E-state index contributed by atoms with van der Waals surface area (Å²) < 4.78 is 5.66. The van der Waals surface area contributed by atoms with Gasteiger partial charge in [-0.05, 0) is 11.6 Å². The first-order valence-electron chi connectivity index (χ1n) is 5.05. The average Bonchev–Trinajstić information content (AvgIpc) is 2.19. The second-order valence-corrected chi connectivity index (χ2v) is 4.77. The van der Waals surface area contributed by atoms with Gasteiger partial charge in [0.25, 0.3) is 0 Å². The Morgan fingerprint density at radius 1 is 1.23 bits per heavy atom. The molecule has 1 rings (SSSR count). The van der Waals surface area contributed by atoms with Crippen LogP contribution in [0.2, 0.25) is 6.04 Å². The van der Waals surface area contributed by atoms with Gasteiger partial charge in [-0.3, -0.25) is 0 Å². The molecular weight excluding hydrogens is 176 g/mol. The maximum atomic E-state index is 5.66. The van der Waals surface area contributed by atoms with E-state index in [1.165, 1.54) is 24.4 Å². The first-order valence-corrected chi connectivity index (χ1v) is 6.63. The molecule has 0 aromatic heterocycles. The molecule has 1 aromatic rings. The van der Waals surface area contributed by atoms with Gasteiger partial charge in [-0.1, -0.05) is 50.1 Å². The molecule has 0 aliphatic heterocycles. The lowest BCUT2D eigenvalue weighted by atomic mass is 10.2. The Hall–Kier alpha value is -0.603. The summed E-state index contributed by atoms with van der Waals surface area (Å²) in [4.78, 5) is 0. The molecular formula is C11H18OSi. The van der Waals surface area contributed by atoms with E-state index in [9.17, 15) is 0 Å². The maximum Gasteiger partial charge on any atom is 0.162 e. The van der Waals surface area contributed by atoms with E-state index >= 15 is 0 Å². The zero-order valence-corrected chi connectivity index (χ0v) is 9.74. The van der Waals surface area contributed by atoms with E-state index in [1.807, 2.05) is 6.07 Å². The third-order valence-electron chi connectivity index (χ3n) is 2.00. The van der Waals surface area contributed by atoms with E-state index in [-0.39, 0.29) is 9.76 Å². The summed E-state index contributed by atoms with van der Waals surface area (Å²) in [6.45, 7) is 3.04. The third kappa shape index (κ3) is 4.86. The molecule has 0 aliphatic carbocycles. The lowest BCUT2D eigenvalue weighted by Gasteiger charge is -2.02. The fourth-order valence-corrected chi connectivity index (χ4v) is 2.51. The number of unbranched alkanes of at least 4 members (excludes halogenated alkanes) is 1. The number of rotatable bonds is 6. The summed E-state index contributed by atoms with van der Waals surface area (Å²) in [5.41, 5.74) is 1.30. The molecule has 72 valence electrons. The Labute approximate surface area is 83.1 Å². The number of hydrogen-bond donors (Lipinski definition) is 0. The second-order valence-electron chi connectivity index (χ2n) is 3.25. The van der Waals surface area contributed by atoms with Gasteiger partial charge in [0.15, 0.2) is 9.76 Å². The molecule has 0 N–H and O–H groups in total. The van der Waals surface area contributed by atoms with Crippen LogP contribution in [-0.2, 0) is 11.0 Å². The fourth-order valence-electron chi connectivity index (χ4n) is 1.22. The zero-order valence-electron chi connectivity index (χ0n) is 8.33. The van der Waals surface area contributed by atoms with E-state index in [4.69, 9.17) is 4.43 Å². The Kier molecular flexibility index (Phi) is 5.53. The normalized spacial score (nSPS) is 11.2. The van der Waals surface area contributed by atoms with E-state index in [2.05, 4.69) is 31.2 Å². The minimum Gasteiger partial charge on any atom is -0.420 e. The van der Waals surface area contributed by atoms with Crippen LogP contribution in [0.3, 0.4) is 0 Å². The predicted octanol–water partition coefficient (Wildman–Crippen LogP) is 2.51. The van der Waals surface area contributed by atoms with Crippen LogP contribution >= 0.6 is 0 Å². The summed E-state index contributed by atoms with van der Waals surface area (Å²) >= 11 is 0. The van der Waals surface area contributed by atoms with Gasteiger partial charge in [0.05, 0.1) is 6.61 Å². The van der Waals surface area contributed by atoms with Crippen molar-refractivity contribution >= 4 is 9.76 Å². The molecule has 0 unspecified atom stereocenters. The van der Waals surface area contributed by atoms with Crippen LogP contribution in [-0.4, -0.2) is 9.76 Å². The summed E-state index contributed by atoms with van der Waals surface area (Å²) in [7, 11) is -0.244. The van der Waals surface area contributed by atoms with Gasteiger partial charge >= 0.3 is 0 Å². The van der Waals surface area contributed by atoms with Gasteiger partial charge in [-0.25, -0.2) is 0 Å². The van der Waals surface area contributed by atoms with Gasteiger partial charge in [-0.15, -0.1) is 0 Å². The largest absolute Gasteiger partial charge is 0.420 e. The van der Waals surface area contributed by atoms with Gasteiger partial charge in [0, 0.05) is 0 Å². The van der Waals surface area contributed by atoms with E-state index in [1.54, 1.807) is 0 Å². The van der Waals surface area contributed by atoms with Crippen molar-refractivity contribution in [3.05, 3.63) is 35.9 Å². The molecule has 0 saturated heterocycles. The number of benzene rings is 1. The third-order valence-corrected chi connectivity index (χ3v) is 3.29. The Morgan fingerprint density at radius 3 is 2.69 bits per heavy atom. The van der Waals surface area contributed by atoms with Crippen molar-refractivity contribution in [3.8, 4) is 0 Å². The zero-order chi connectivity index (χ0) is 9.36. The van der Waals surface area contributed by atoms with Gasteiger partial charge in [0.2, 0.25) is 0 Å². The molecule has 0 atom stereocenters. The molecule has 0 radical (unpaired) electrons. The average molecular weight is 194 g/mol. The van der Waals surface area contributed by atoms with E-state index in [0.717, 1.165) is 6.61 Å². The molecule has 0 heterocycles. The maximum absolute atomic E-state index is 5.66. The van der Waals surface area contributed by atoms with E-state index < -0.39 is 0 Å². The molecule has 0 spiro atoms. The smallest absolute Gasteiger partial charge is 0.162 e. The van der Waals surface area contributed by atoms with Gasteiger partial charge in [0.1, 0.15) is 0 Å². The summed E-state index contributed by atoms with van der Waals surface area (Å²) in [6, 6.07) is 11.7. The minimum atomic E-state index is -0.244. The van der Waals surface area contributed by atoms with Crippen LogP contribution < -0.4 is 0 Å². The van der Waals surface area contributed by atoms with Crippen LogP contribution in [0.4, 0.5) is 0 Å². The highest BCUT2D eigenvalue weighted by Crippen LogP contribution is 2.01. The molecule has 0 fully saturated rings. The van der Waals surface area contributed by atoms with Crippen molar-refractivity contribution < 1.29 is 4.43 Å². The predicted molar refractivity (Wildman–Crippen MR) is 59.5 cm³/mol. The van der Waals surface area contributed by atoms with Crippen LogP contribution in [0.1, 0.15) is 25.3 Å². The Balaban J connectivity index is 2.07. The molecule has 0 aliphatic rings. The van der Waals surface area contributed by atoms with Crippen LogP contribution in [0.25, 0.3) is 0 Å². The summed E-state index contributed by atoms with van der Waals surface area (Å²) in [5.74, 6) is 0. The monoisotopic (exact) mass is 194 g/mol. The molecule has 1 aromatic carbocycles. The lowest BCUT2D eigenvalue weighted by molar-refractivity contribution is 0.323. The van der Waals surface area contributed by atoms with Crippen molar-refractivity contribution in [1.29, 1.82) is 0 Å². The molecule has 1 nitrogen and oxygen atoms in total. The standard InChI is InChI=1S/C11H18OSi/c1-2-3-9-13-12-10-11-7-5-4-6-8-11/h4-8H,2-3,9-10,13H2,1H3. The van der Waals surface area contributed by atoms with Crippen molar-refractivity contribution in [1.82, 2.24) is 0 Å². The molecule has 0 saturated carbocycles. The quantitative estimate of drug-likeness (QED) is 0.499. The molecule has 2 heteroatoms. The van der Waals surface area contributed by atoms with Crippen molar-refractivity contribution in [2.75, 3.05) is 0 Å². The van der Waals surface area contributed by atoms with Gasteiger partial charge in [-0.2, -0.15) is 0 Å². The number of hydrogen-bond acceptors (Lipinski definition) is 1. The van der Waals surface area contributed by atoms with E-state index in [0.29, 0.717) is 0 Å². The van der Waals surface area contributed by atoms with Crippen molar-refractivity contribution in [2.24, 2.45) is 0 Å². The summed E-state index contributed by atoms with van der Waals surface area (Å²) in [6.07, 6.45) is 2.63. The first kappa shape index (κ1) is 10.5. The fraction of sp³-hybridized carbons (Fsp3) is 0.455. The van der Waals surface area contributed by atoms with Crippen LogP contribution in [0.5, 0.6) is 0 Å². The lowest BCUT2D eigenvalue weighted by Crippen LogP contribution is -1.98. The summed E-state index contributed by atoms with van der Waals surface area (Å²) in [5, 5.41) is 0. The highest BCUT2D eigenvalue weighted by molar-refractivity contribution is 6.26. The second kappa shape index (κ2) is 6.86. The Bertz CT molecular complexity index is 211. The van der Waals surface area contributed by atoms with Gasteiger partial charge < -0.3 is 4.43 Å². The topological polar surface area (TPSA) is 9.23 Å². The molecule has 0 amide bonds. The van der Waals surface area contributed by atoms with Crippen LogP contribution in [0.15, 0.2) is 30.3 Å². The first-order chi connectivity index (χ1) is 6.43. The molecule has 13 heavy (non-hydrogen) atoms. The SMILES string of the molecule is CCCC[SiH2]OCc1ccccc1. The highest BCUT2D eigenvalue weighted by Gasteiger charge is 1.91. The Morgan fingerprint density at radius 2 is 2.00 bits per heavy atom. The van der Waals surface area contributed by atoms with Crippen molar-refractivity contribution in [2.45, 2.75) is 32.4 Å². The minimum absolute atomic E-state index is 0.244.